The third kappa shape index (κ3) is 6.26. The lowest BCUT2D eigenvalue weighted by Gasteiger charge is -2.29. The highest BCUT2D eigenvalue weighted by Gasteiger charge is 2.24. The monoisotopic (exact) mass is 444 g/mol. The summed E-state index contributed by atoms with van der Waals surface area (Å²) in [5.41, 5.74) is 2.95. The molecule has 2 aliphatic carbocycles. The van der Waals surface area contributed by atoms with Gasteiger partial charge in [-0.15, -0.1) is 5.10 Å². The molecule has 170 valence electrons. The van der Waals surface area contributed by atoms with Crippen LogP contribution in [0, 0.1) is 17.2 Å². The summed E-state index contributed by atoms with van der Waals surface area (Å²) in [6.45, 7) is 0. The zero-order chi connectivity index (χ0) is 23.0. The maximum Gasteiger partial charge on any atom is 0.272 e. The molecular weight excluding hydrogens is 416 g/mol. The highest BCUT2D eigenvalue weighted by Crippen LogP contribution is 2.28. The van der Waals surface area contributed by atoms with Crippen molar-refractivity contribution >= 4 is 18.3 Å². The largest absolute Gasteiger partial charge is 0.490 e. The lowest BCUT2D eigenvalue weighted by Crippen LogP contribution is -2.40. The van der Waals surface area contributed by atoms with Gasteiger partial charge in [0, 0.05) is 12.0 Å². The number of hydrogen-bond acceptors (Lipinski definition) is 6. The number of benzene rings is 1. The van der Waals surface area contributed by atoms with E-state index in [9.17, 15) is 9.59 Å². The summed E-state index contributed by atoms with van der Waals surface area (Å²) in [6.07, 6.45) is 10.2. The van der Waals surface area contributed by atoms with Gasteiger partial charge in [-0.05, 0) is 93.8 Å². The Balaban J connectivity index is 1.23. The smallest absolute Gasteiger partial charge is 0.272 e. The molecule has 0 atom stereocenters. The molecule has 0 aliphatic heterocycles. The molecule has 1 aromatic heterocycles. The summed E-state index contributed by atoms with van der Waals surface area (Å²) in [7, 11) is 0. The molecule has 1 amide bonds. The van der Waals surface area contributed by atoms with E-state index in [0.717, 1.165) is 69.1 Å². The van der Waals surface area contributed by atoms with E-state index in [1.807, 2.05) is 24.3 Å². The maximum atomic E-state index is 12.6. The second-order valence-electron chi connectivity index (χ2n) is 8.82. The van der Waals surface area contributed by atoms with Gasteiger partial charge in [-0.2, -0.15) is 10.4 Å². The van der Waals surface area contributed by atoms with Crippen LogP contribution in [-0.4, -0.2) is 34.5 Å². The lowest BCUT2D eigenvalue weighted by atomic mass is 9.86. The maximum absolute atomic E-state index is 12.6. The van der Waals surface area contributed by atoms with E-state index in [4.69, 9.17) is 10.00 Å². The quantitative estimate of drug-likeness (QED) is 0.668. The van der Waals surface area contributed by atoms with E-state index in [0.29, 0.717) is 11.3 Å². The number of rotatable bonds is 6. The third-order valence-electron chi connectivity index (χ3n) is 6.43. The van der Waals surface area contributed by atoms with Crippen LogP contribution < -0.4 is 10.1 Å². The summed E-state index contributed by atoms with van der Waals surface area (Å²) >= 11 is 0. The molecule has 33 heavy (non-hydrogen) atoms. The molecule has 7 heteroatoms. The zero-order valence-corrected chi connectivity index (χ0v) is 18.6. The number of nitrogens with zero attached hydrogens (tertiary/aromatic N) is 3. The van der Waals surface area contributed by atoms with Gasteiger partial charge in [0.05, 0.1) is 23.4 Å². The first-order chi connectivity index (χ1) is 16.1. The van der Waals surface area contributed by atoms with Crippen molar-refractivity contribution in [3.05, 3.63) is 58.9 Å². The molecule has 2 saturated carbocycles. The average molecular weight is 445 g/mol. The van der Waals surface area contributed by atoms with E-state index in [2.05, 4.69) is 21.6 Å². The van der Waals surface area contributed by atoms with Gasteiger partial charge >= 0.3 is 0 Å². The molecule has 0 unspecified atom stereocenters. The summed E-state index contributed by atoms with van der Waals surface area (Å²) in [5, 5.41) is 20.3. The van der Waals surface area contributed by atoms with Crippen LogP contribution in [0.2, 0.25) is 0 Å². The Kier molecular flexibility index (Phi) is 7.46. The number of aldehydes is 1. The molecule has 7 nitrogen and oxygen atoms in total. The third-order valence-corrected chi connectivity index (χ3v) is 6.43. The topological polar surface area (TPSA) is 105 Å². The highest BCUT2D eigenvalue weighted by molar-refractivity contribution is 5.92. The molecule has 2 fully saturated rings. The molecule has 1 heterocycles. The van der Waals surface area contributed by atoms with Crippen molar-refractivity contribution in [3.63, 3.8) is 0 Å². The van der Waals surface area contributed by atoms with Crippen LogP contribution in [0.1, 0.15) is 73.1 Å². The second-order valence-corrected chi connectivity index (χ2v) is 8.82. The van der Waals surface area contributed by atoms with Crippen LogP contribution in [0.3, 0.4) is 0 Å². The number of carbonyl (C=O) groups excluding carboxylic acids is 2. The first-order valence-corrected chi connectivity index (χ1v) is 11.6. The fourth-order valence-electron chi connectivity index (χ4n) is 4.43. The number of amides is 1. The van der Waals surface area contributed by atoms with Crippen LogP contribution in [0.4, 0.5) is 0 Å². The Morgan fingerprint density at radius 3 is 2.33 bits per heavy atom. The van der Waals surface area contributed by atoms with Crippen molar-refractivity contribution in [2.45, 2.75) is 63.5 Å². The Bertz CT molecular complexity index is 1020. The van der Waals surface area contributed by atoms with Gasteiger partial charge in [-0.1, -0.05) is 5.57 Å². The standard InChI is InChI=1S/C26H28N4O3/c27-16-19-5-10-23(11-6-19)33-24-12-7-21(8-13-24)28-26(32)25-14-9-22(29-30-25)15-18-1-3-20(17-31)4-2-18/h5-6,9-11,14-15,17,20-21,24H,1-4,7-8,12-13H2,(H,28,32)/t20?,21-,24-. The lowest BCUT2D eigenvalue weighted by molar-refractivity contribution is -0.111. The number of nitriles is 1. The number of nitrogens with one attached hydrogen (secondary N) is 1. The minimum Gasteiger partial charge on any atom is -0.490 e. The number of allylic oxidation sites excluding steroid dienone is 1. The van der Waals surface area contributed by atoms with Crippen LogP contribution in [0.15, 0.2) is 42.0 Å². The predicted octanol–water partition coefficient (Wildman–Crippen LogP) is 4.24. The zero-order valence-electron chi connectivity index (χ0n) is 18.6. The summed E-state index contributed by atoms with van der Waals surface area (Å²) in [6, 6.07) is 12.9. The van der Waals surface area contributed by atoms with Crippen molar-refractivity contribution in [1.82, 2.24) is 15.5 Å². The van der Waals surface area contributed by atoms with Gasteiger partial charge in [0.2, 0.25) is 0 Å². The summed E-state index contributed by atoms with van der Waals surface area (Å²) < 4.78 is 6.01. The Labute approximate surface area is 193 Å². The number of hydrogen-bond donors (Lipinski definition) is 1. The molecule has 2 aliphatic rings. The number of carbonyl (C=O) groups is 2. The van der Waals surface area contributed by atoms with E-state index in [1.165, 1.54) is 5.57 Å². The SMILES string of the molecule is N#Cc1ccc(O[C@H]2CC[C@H](NC(=O)c3ccc(C=C4CCC(C=O)CC4)nn3)CC2)cc1. The molecular formula is C26H28N4O3. The molecule has 4 rings (SSSR count). The Hall–Kier alpha value is -3.53. The number of aromatic nitrogens is 2. The fourth-order valence-corrected chi connectivity index (χ4v) is 4.43. The van der Waals surface area contributed by atoms with Gasteiger partial charge < -0.3 is 14.8 Å². The Morgan fingerprint density at radius 1 is 1.00 bits per heavy atom. The minimum absolute atomic E-state index is 0.0925. The fraction of sp³-hybridized carbons (Fsp3) is 0.423. The van der Waals surface area contributed by atoms with Gasteiger partial charge in [-0.25, -0.2) is 0 Å². The molecule has 1 N–H and O–H groups in total. The molecule has 0 bridgehead atoms. The second kappa shape index (κ2) is 10.9. The predicted molar refractivity (Wildman–Crippen MR) is 123 cm³/mol. The Morgan fingerprint density at radius 2 is 1.73 bits per heavy atom. The van der Waals surface area contributed by atoms with Gasteiger partial charge in [0.1, 0.15) is 12.0 Å². The number of ether oxygens (including phenoxy) is 1. The van der Waals surface area contributed by atoms with E-state index < -0.39 is 0 Å². The van der Waals surface area contributed by atoms with Crippen LogP contribution in [-0.2, 0) is 4.79 Å². The molecule has 0 spiro atoms. The van der Waals surface area contributed by atoms with Crippen molar-refractivity contribution in [1.29, 1.82) is 5.26 Å². The van der Waals surface area contributed by atoms with Gasteiger partial charge in [0.15, 0.2) is 5.69 Å². The summed E-state index contributed by atoms with van der Waals surface area (Å²) in [5.74, 6) is 0.741. The highest BCUT2D eigenvalue weighted by atomic mass is 16.5. The first kappa shape index (κ1) is 22.7. The van der Waals surface area contributed by atoms with Gasteiger partial charge in [-0.3, -0.25) is 4.79 Å². The van der Waals surface area contributed by atoms with Crippen molar-refractivity contribution in [2.24, 2.45) is 5.92 Å². The van der Waals surface area contributed by atoms with Crippen LogP contribution in [0.25, 0.3) is 6.08 Å². The van der Waals surface area contributed by atoms with Crippen LogP contribution >= 0.6 is 0 Å². The summed E-state index contributed by atoms with van der Waals surface area (Å²) in [4.78, 5) is 23.5. The van der Waals surface area contributed by atoms with Crippen molar-refractivity contribution in [2.75, 3.05) is 0 Å². The van der Waals surface area contributed by atoms with Gasteiger partial charge in [0.25, 0.3) is 5.91 Å². The van der Waals surface area contributed by atoms with E-state index in [1.54, 1.807) is 18.2 Å². The molecule has 1 aromatic carbocycles. The average Bonchev–Trinajstić information content (AvgIpc) is 2.86. The minimum atomic E-state index is -0.204. The molecule has 0 radical (unpaired) electrons. The normalized spacial score (nSPS) is 22.6. The van der Waals surface area contributed by atoms with Crippen molar-refractivity contribution in [3.8, 4) is 11.8 Å². The van der Waals surface area contributed by atoms with Crippen LogP contribution in [0.5, 0.6) is 5.75 Å². The van der Waals surface area contributed by atoms with Crippen molar-refractivity contribution < 1.29 is 14.3 Å². The van der Waals surface area contributed by atoms with E-state index in [-0.39, 0.29) is 24.0 Å². The molecule has 0 saturated heterocycles. The molecule has 2 aromatic rings. The first-order valence-electron chi connectivity index (χ1n) is 11.6. The van der Waals surface area contributed by atoms with E-state index >= 15 is 0 Å².